The van der Waals surface area contributed by atoms with Crippen LogP contribution in [-0.4, -0.2) is 37.9 Å². The largest absolute Gasteiger partial charge is 0.347 e. The van der Waals surface area contributed by atoms with Crippen LogP contribution in [0.4, 0.5) is 5.95 Å². The average molecular weight is 326 g/mol. The molecule has 126 valence electrons. The van der Waals surface area contributed by atoms with E-state index in [9.17, 15) is 4.79 Å². The number of carbonyl (C=O) groups excluding carboxylic acids is 1. The van der Waals surface area contributed by atoms with Crippen LogP contribution in [0, 0.1) is 5.92 Å². The average Bonchev–Trinajstić information content (AvgIpc) is 3.28. The highest BCUT2D eigenvalue weighted by atomic mass is 16.2. The van der Waals surface area contributed by atoms with E-state index in [4.69, 9.17) is 0 Å². The Morgan fingerprint density at radius 2 is 2.04 bits per heavy atom. The smallest absolute Gasteiger partial charge is 0.243 e. The molecule has 4 rings (SSSR count). The van der Waals surface area contributed by atoms with Gasteiger partial charge in [0, 0.05) is 30.8 Å². The number of carbonyl (C=O) groups is 1. The topological polar surface area (TPSA) is 86.8 Å². The van der Waals surface area contributed by atoms with Crippen molar-refractivity contribution in [3.63, 3.8) is 0 Å². The van der Waals surface area contributed by atoms with Gasteiger partial charge in [-0.15, -0.1) is 0 Å². The molecule has 3 heterocycles. The lowest BCUT2D eigenvalue weighted by Gasteiger charge is -2.33. The molecular formula is C17H22N6O. The van der Waals surface area contributed by atoms with Crippen molar-refractivity contribution >= 4 is 11.9 Å². The Labute approximate surface area is 140 Å². The molecule has 24 heavy (non-hydrogen) atoms. The summed E-state index contributed by atoms with van der Waals surface area (Å²) in [6.45, 7) is 0.418. The molecular weight excluding hydrogens is 304 g/mol. The standard InChI is InChI=1S/C17H22N6O/c24-16(22-11-15-18-8-9-19-15)14-10-12-4-1-2-5-13(12)23(14)17-20-6-3-7-21-17/h3,6-9,12-14H,1-2,4-5,10-11H2,(H,18,19)(H,22,24)/t12-,13+,14-/m0/s1. The highest BCUT2D eigenvalue weighted by Gasteiger charge is 2.46. The van der Waals surface area contributed by atoms with Gasteiger partial charge in [0.25, 0.3) is 0 Å². The highest BCUT2D eigenvalue weighted by molar-refractivity contribution is 5.85. The first-order valence-corrected chi connectivity index (χ1v) is 8.64. The minimum absolute atomic E-state index is 0.0354. The van der Waals surface area contributed by atoms with Crippen LogP contribution < -0.4 is 10.2 Å². The van der Waals surface area contributed by atoms with Gasteiger partial charge < -0.3 is 15.2 Å². The quantitative estimate of drug-likeness (QED) is 0.892. The predicted molar refractivity (Wildman–Crippen MR) is 89.1 cm³/mol. The van der Waals surface area contributed by atoms with Gasteiger partial charge in [-0.1, -0.05) is 12.8 Å². The molecule has 1 saturated heterocycles. The van der Waals surface area contributed by atoms with E-state index in [0.29, 0.717) is 24.5 Å². The van der Waals surface area contributed by atoms with Crippen molar-refractivity contribution in [1.29, 1.82) is 0 Å². The Balaban J connectivity index is 1.54. The predicted octanol–water partition coefficient (Wildman–Crippen LogP) is 1.65. The maximum atomic E-state index is 12.8. The van der Waals surface area contributed by atoms with E-state index < -0.39 is 0 Å². The molecule has 2 aromatic rings. The number of hydrogen-bond donors (Lipinski definition) is 2. The number of imidazole rings is 1. The van der Waals surface area contributed by atoms with Crippen LogP contribution in [-0.2, 0) is 11.3 Å². The van der Waals surface area contributed by atoms with Gasteiger partial charge in [-0.2, -0.15) is 0 Å². The third-order valence-corrected chi connectivity index (χ3v) is 5.16. The summed E-state index contributed by atoms with van der Waals surface area (Å²) in [6.07, 6.45) is 12.6. The molecule has 2 fully saturated rings. The molecule has 0 radical (unpaired) electrons. The van der Waals surface area contributed by atoms with E-state index in [-0.39, 0.29) is 11.9 Å². The van der Waals surface area contributed by atoms with Crippen molar-refractivity contribution in [2.45, 2.75) is 50.7 Å². The molecule has 1 aliphatic carbocycles. The summed E-state index contributed by atoms with van der Waals surface area (Å²) in [6, 6.07) is 1.99. The second kappa shape index (κ2) is 6.59. The van der Waals surface area contributed by atoms with E-state index in [1.807, 2.05) is 6.07 Å². The number of H-pyrrole nitrogens is 1. The number of aromatic nitrogens is 4. The van der Waals surface area contributed by atoms with Gasteiger partial charge in [-0.05, 0) is 31.2 Å². The molecule has 0 bridgehead atoms. The molecule has 1 amide bonds. The van der Waals surface area contributed by atoms with Gasteiger partial charge in [0.05, 0.1) is 6.54 Å². The third-order valence-electron chi connectivity index (χ3n) is 5.16. The van der Waals surface area contributed by atoms with E-state index >= 15 is 0 Å². The van der Waals surface area contributed by atoms with Crippen molar-refractivity contribution in [1.82, 2.24) is 25.3 Å². The summed E-state index contributed by atoms with van der Waals surface area (Å²) >= 11 is 0. The molecule has 1 aliphatic heterocycles. The summed E-state index contributed by atoms with van der Waals surface area (Å²) in [5.74, 6) is 2.03. The highest BCUT2D eigenvalue weighted by Crippen LogP contribution is 2.41. The number of nitrogens with zero attached hydrogens (tertiary/aromatic N) is 4. The van der Waals surface area contributed by atoms with Crippen LogP contribution in [0.2, 0.25) is 0 Å². The Kier molecular flexibility index (Phi) is 4.15. The number of hydrogen-bond acceptors (Lipinski definition) is 5. The summed E-state index contributed by atoms with van der Waals surface area (Å²) in [5.41, 5.74) is 0. The number of nitrogens with one attached hydrogen (secondary N) is 2. The Hall–Kier alpha value is -2.44. The summed E-state index contributed by atoms with van der Waals surface area (Å²) in [5, 5.41) is 3.01. The summed E-state index contributed by atoms with van der Waals surface area (Å²) in [4.78, 5) is 31.0. The van der Waals surface area contributed by atoms with Gasteiger partial charge in [0.2, 0.25) is 11.9 Å². The maximum absolute atomic E-state index is 12.8. The fourth-order valence-electron chi connectivity index (χ4n) is 4.09. The lowest BCUT2D eigenvalue weighted by molar-refractivity contribution is -0.122. The zero-order valence-electron chi connectivity index (χ0n) is 13.6. The monoisotopic (exact) mass is 326 g/mol. The van der Waals surface area contributed by atoms with Crippen LogP contribution >= 0.6 is 0 Å². The first kappa shape index (κ1) is 15.1. The number of rotatable bonds is 4. The van der Waals surface area contributed by atoms with Crippen LogP contribution in [0.25, 0.3) is 0 Å². The van der Waals surface area contributed by atoms with Crippen molar-refractivity contribution in [3.05, 3.63) is 36.7 Å². The molecule has 2 aliphatic rings. The molecule has 7 heteroatoms. The summed E-state index contributed by atoms with van der Waals surface area (Å²) in [7, 11) is 0. The van der Waals surface area contributed by atoms with E-state index in [0.717, 1.165) is 18.7 Å². The SMILES string of the molecule is O=C(NCc1ncc[nH]1)[C@@H]1C[C@@H]2CCCC[C@H]2N1c1ncccn1. The molecule has 0 unspecified atom stereocenters. The van der Waals surface area contributed by atoms with Gasteiger partial charge in [-0.3, -0.25) is 4.79 Å². The van der Waals surface area contributed by atoms with Crippen molar-refractivity contribution in [3.8, 4) is 0 Å². The third kappa shape index (κ3) is 2.86. The maximum Gasteiger partial charge on any atom is 0.243 e. The lowest BCUT2D eigenvalue weighted by Crippen LogP contribution is -2.47. The minimum Gasteiger partial charge on any atom is -0.347 e. The van der Waals surface area contributed by atoms with Gasteiger partial charge in [0.15, 0.2) is 0 Å². The van der Waals surface area contributed by atoms with Crippen molar-refractivity contribution in [2.24, 2.45) is 5.92 Å². The fourth-order valence-corrected chi connectivity index (χ4v) is 4.09. The van der Waals surface area contributed by atoms with Crippen LogP contribution in [0.1, 0.15) is 37.9 Å². The number of anilines is 1. The summed E-state index contributed by atoms with van der Waals surface area (Å²) < 4.78 is 0. The minimum atomic E-state index is -0.199. The van der Waals surface area contributed by atoms with E-state index in [2.05, 4.69) is 30.2 Å². The van der Waals surface area contributed by atoms with Gasteiger partial charge >= 0.3 is 0 Å². The first-order valence-electron chi connectivity index (χ1n) is 8.64. The molecule has 3 atom stereocenters. The van der Waals surface area contributed by atoms with Crippen LogP contribution in [0.3, 0.4) is 0 Å². The zero-order chi connectivity index (χ0) is 16.4. The van der Waals surface area contributed by atoms with Gasteiger partial charge in [-0.25, -0.2) is 15.0 Å². The number of fused-ring (bicyclic) bond motifs is 1. The second-order valence-corrected chi connectivity index (χ2v) is 6.57. The molecule has 7 nitrogen and oxygen atoms in total. The van der Waals surface area contributed by atoms with E-state index in [1.54, 1.807) is 24.8 Å². The molecule has 1 saturated carbocycles. The normalized spacial score (nSPS) is 26.2. The first-order chi connectivity index (χ1) is 11.8. The second-order valence-electron chi connectivity index (χ2n) is 6.57. The fraction of sp³-hybridized carbons (Fsp3) is 0.529. The Morgan fingerprint density at radius 3 is 2.83 bits per heavy atom. The molecule has 0 aromatic carbocycles. The lowest BCUT2D eigenvalue weighted by atomic mass is 9.85. The Bertz CT molecular complexity index is 674. The zero-order valence-corrected chi connectivity index (χ0v) is 13.6. The van der Waals surface area contributed by atoms with Crippen molar-refractivity contribution in [2.75, 3.05) is 4.90 Å². The molecule has 2 N–H and O–H groups in total. The number of amides is 1. The van der Waals surface area contributed by atoms with Crippen LogP contribution in [0.15, 0.2) is 30.9 Å². The van der Waals surface area contributed by atoms with E-state index in [1.165, 1.54) is 19.3 Å². The number of aromatic amines is 1. The van der Waals surface area contributed by atoms with Crippen LogP contribution in [0.5, 0.6) is 0 Å². The van der Waals surface area contributed by atoms with Crippen molar-refractivity contribution < 1.29 is 4.79 Å². The van der Waals surface area contributed by atoms with Gasteiger partial charge in [0.1, 0.15) is 11.9 Å². The molecule has 2 aromatic heterocycles. The Morgan fingerprint density at radius 1 is 1.21 bits per heavy atom. The molecule has 0 spiro atoms.